The molecule has 1 aliphatic rings. The second kappa shape index (κ2) is 7.36. The molecule has 0 bridgehead atoms. The number of fused-ring (bicyclic) bond motifs is 1. The van der Waals surface area contributed by atoms with Gasteiger partial charge in [-0.05, 0) is 37.8 Å². The van der Waals surface area contributed by atoms with Crippen LogP contribution in [0.25, 0.3) is 32.0 Å². The molecule has 1 fully saturated rings. The first kappa shape index (κ1) is 17.4. The van der Waals surface area contributed by atoms with Crippen molar-refractivity contribution in [3.8, 4) is 21.8 Å². The Morgan fingerprint density at radius 3 is 2.32 bits per heavy atom. The van der Waals surface area contributed by atoms with Crippen molar-refractivity contribution in [2.45, 2.75) is 32.2 Å². The molecule has 1 atom stereocenters. The van der Waals surface area contributed by atoms with Gasteiger partial charge in [0.25, 0.3) is 0 Å². The van der Waals surface area contributed by atoms with Gasteiger partial charge < -0.3 is 4.90 Å². The molecule has 3 nitrogen and oxygen atoms in total. The monoisotopic (exact) mass is 385 g/mol. The van der Waals surface area contributed by atoms with Crippen molar-refractivity contribution >= 4 is 27.4 Å². The van der Waals surface area contributed by atoms with Crippen molar-refractivity contribution in [2.75, 3.05) is 11.4 Å². The van der Waals surface area contributed by atoms with Crippen molar-refractivity contribution in [3.05, 3.63) is 66.7 Å². The first-order valence-corrected chi connectivity index (χ1v) is 10.8. The Morgan fingerprint density at radius 2 is 1.61 bits per heavy atom. The van der Waals surface area contributed by atoms with E-state index in [1.807, 2.05) is 6.07 Å². The van der Waals surface area contributed by atoms with Crippen molar-refractivity contribution in [2.24, 2.45) is 0 Å². The number of rotatable bonds is 3. The lowest BCUT2D eigenvalue weighted by molar-refractivity contribution is 0.482. The number of nitrogens with zero attached hydrogens (tertiary/aromatic N) is 3. The van der Waals surface area contributed by atoms with Gasteiger partial charge in [0.2, 0.25) is 0 Å². The van der Waals surface area contributed by atoms with E-state index >= 15 is 0 Å². The number of hydrogen-bond donors (Lipinski definition) is 0. The quantitative estimate of drug-likeness (QED) is 0.408. The lowest BCUT2D eigenvalue weighted by Gasteiger charge is -2.34. The minimum atomic E-state index is 0.510. The molecule has 0 N–H and O–H groups in total. The number of hydrogen-bond acceptors (Lipinski definition) is 4. The zero-order valence-electron chi connectivity index (χ0n) is 16.0. The lowest BCUT2D eigenvalue weighted by atomic mass is 10.0. The van der Waals surface area contributed by atoms with Gasteiger partial charge in [-0.2, -0.15) is 0 Å². The largest absolute Gasteiger partial charge is 0.353 e. The van der Waals surface area contributed by atoms with Crippen molar-refractivity contribution in [1.29, 1.82) is 0 Å². The first-order chi connectivity index (χ1) is 13.8. The van der Waals surface area contributed by atoms with Gasteiger partial charge >= 0.3 is 0 Å². The van der Waals surface area contributed by atoms with E-state index in [2.05, 4.69) is 72.5 Å². The lowest BCUT2D eigenvalue weighted by Crippen LogP contribution is -2.38. The van der Waals surface area contributed by atoms with Crippen LogP contribution in [-0.4, -0.2) is 22.6 Å². The molecule has 1 unspecified atom stereocenters. The van der Waals surface area contributed by atoms with Crippen LogP contribution in [0.5, 0.6) is 0 Å². The highest BCUT2D eigenvalue weighted by Crippen LogP contribution is 2.39. The van der Waals surface area contributed by atoms with Crippen LogP contribution in [0.4, 0.5) is 5.82 Å². The molecular formula is C24H23N3S. The Balaban J connectivity index is 1.71. The Labute approximate surface area is 169 Å². The Kier molecular flexibility index (Phi) is 4.57. The smallest absolute Gasteiger partial charge is 0.163 e. The van der Waals surface area contributed by atoms with Crippen LogP contribution in [0.1, 0.15) is 26.2 Å². The summed E-state index contributed by atoms with van der Waals surface area (Å²) < 4.78 is 0. The molecule has 140 valence electrons. The Bertz CT molecular complexity index is 1090. The molecule has 2 aromatic heterocycles. The summed E-state index contributed by atoms with van der Waals surface area (Å²) in [6, 6.07) is 23.7. The second-order valence-corrected chi connectivity index (χ2v) is 8.50. The predicted octanol–water partition coefficient (Wildman–Crippen LogP) is 6.40. The van der Waals surface area contributed by atoms with Gasteiger partial charge in [0, 0.05) is 23.0 Å². The molecule has 1 aliphatic heterocycles. The average Bonchev–Trinajstić information content (AvgIpc) is 3.19. The standard InChI is InChI=1S/C24H23N3S/c1-17-10-8-9-15-27(17)23-20-16-21(18-11-4-2-5-12-18)28-24(20)26-22(25-23)19-13-6-3-7-14-19/h2-7,11-14,16-17H,8-10,15H2,1H3. The number of benzene rings is 2. The summed E-state index contributed by atoms with van der Waals surface area (Å²) in [4.78, 5) is 14.8. The molecule has 4 aromatic rings. The molecule has 2 aromatic carbocycles. The van der Waals surface area contributed by atoms with Gasteiger partial charge in [-0.15, -0.1) is 11.3 Å². The zero-order valence-corrected chi connectivity index (χ0v) is 16.8. The third-order valence-electron chi connectivity index (χ3n) is 5.54. The Morgan fingerprint density at radius 1 is 0.893 bits per heavy atom. The predicted molar refractivity (Wildman–Crippen MR) is 119 cm³/mol. The summed E-state index contributed by atoms with van der Waals surface area (Å²) in [5, 5.41) is 1.18. The van der Waals surface area contributed by atoms with Crippen LogP contribution in [0.15, 0.2) is 66.7 Å². The highest BCUT2D eigenvalue weighted by atomic mass is 32.1. The minimum Gasteiger partial charge on any atom is -0.353 e. The molecule has 3 heterocycles. The SMILES string of the molecule is CC1CCCCN1c1nc(-c2ccccc2)nc2sc(-c3ccccc3)cc12. The van der Waals surface area contributed by atoms with Crippen molar-refractivity contribution in [3.63, 3.8) is 0 Å². The Hall–Kier alpha value is -2.72. The van der Waals surface area contributed by atoms with Crippen LogP contribution < -0.4 is 4.90 Å². The van der Waals surface area contributed by atoms with Gasteiger partial charge in [0.15, 0.2) is 5.82 Å². The molecule has 0 amide bonds. The highest BCUT2D eigenvalue weighted by molar-refractivity contribution is 7.22. The summed E-state index contributed by atoms with van der Waals surface area (Å²) in [7, 11) is 0. The van der Waals surface area contributed by atoms with E-state index in [1.54, 1.807) is 11.3 Å². The minimum absolute atomic E-state index is 0.510. The topological polar surface area (TPSA) is 29.0 Å². The van der Waals surface area contributed by atoms with E-state index in [0.717, 1.165) is 28.6 Å². The van der Waals surface area contributed by atoms with Gasteiger partial charge in [0.05, 0.1) is 5.39 Å². The summed E-state index contributed by atoms with van der Waals surface area (Å²) in [5.74, 6) is 1.91. The van der Waals surface area contributed by atoms with Gasteiger partial charge in [0.1, 0.15) is 10.6 Å². The van der Waals surface area contributed by atoms with E-state index in [9.17, 15) is 0 Å². The van der Waals surface area contributed by atoms with Crippen molar-refractivity contribution < 1.29 is 0 Å². The van der Waals surface area contributed by atoms with Gasteiger partial charge in [-0.1, -0.05) is 60.7 Å². The second-order valence-electron chi connectivity index (χ2n) is 7.47. The van der Waals surface area contributed by atoms with Gasteiger partial charge in [-0.3, -0.25) is 0 Å². The van der Waals surface area contributed by atoms with Gasteiger partial charge in [-0.25, -0.2) is 9.97 Å². The molecule has 1 saturated heterocycles. The normalized spacial score (nSPS) is 17.2. The third kappa shape index (κ3) is 3.18. The van der Waals surface area contributed by atoms with Crippen LogP contribution in [0.3, 0.4) is 0 Å². The highest BCUT2D eigenvalue weighted by Gasteiger charge is 2.24. The number of aromatic nitrogens is 2. The molecule has 5 rings (SSSR count). The maximum absolute atomic E-state index is 5.07. The fraction of sp³-hybridized carbons (Fsp3) is 0.250. The van der Waals surface area contributed by atoms with Crippen LogP contribution in [0.2, 0.25) is 0 Å². The number of anilines is 1. The van der Waals surface area contributed by atoms with Crippen LogP contribution in [0, 0.1) is 0 Å². The maximum Gasteiger partial charge on any atom is 0.163 e. The molecule has 0 aliphatic carbocycles. The molecular weight excluding hydrogens is 362 g/mol. The van der Waals surface area contributed by atoms with E-state index in [1.165, 1.54) is 35.1 Å². The van der Waals surface area contributed by atoms with Crippen LogP contribution >= 0.6 is 11.3 Å². The first-order valence-electron chi connectivity index (χ1n) is 9.99. The van der Waals surface area contributed by atoms with Crippen LogP contribution in [-0.2, 0) is 0 Å². The summed E-state index contributed by atoms with van der Waals surface area (Å²) >= 11 is 1.76. The zero-order chi connectivity index (χ0) is 18.9. The van der Waals surface area contributed by atoms with E-state index in [0.29, 0.717) is 6.04 Å². The molecule has 0 saturated carbocycles. The van der Waals surface area contributed by atoms with E-state index in [-0.39, 0.29) is 0 Å². The third-order valence-corrected chi connectivity index (χ3v) is 6.62. The fourth-order valence-electron chi connectivity index (χ4n) is 4.00. The molecule has 28 heavy (non-hydrogen) atoms. The fourth-order valence-corrected chi connectivity index (χ4v) is 5.03. The molecule has 4 heteroatoms. The molecule has 0 spiro atoms. The summed E-state index contributed by atoms with van der Waals surface area (Å²) in [6.45, 7) is 3.39. The van der Waals surface area contributed by atoms with E-state index in [4.69, 9.17) is 9.97 Å². The average molecular weight is 386 g/mol. The maximum atomic E-state index is 5.07. The van der Waals surface area contributed by atoms with Crippen molar-refractivity contribution in [1.82, 2.24) is 9.97 Å². The summed E-state index contributed by atoms with van der Waals surface area (Å²) in [6.07, 6.45) is 3.75. The molecule has 0 radical (unpaired) electrons. The number of piperidine rings is 1. The van der Waals surface area contributed by atoms with E-state index < -0.39 is 0 Å². The number of thiophene rings is 1. The summed E-state index contributed by atoms with van der Waals surface area (Å²) in [5.41, 5.74) is 2.31.